The summed E-state index contributed by atoms with van der Waals surface area (Å²) in [7, 11) is 0. The summed E-state index contributed by atoms with van der Waals surface area (Å²) < 4.78 is 36.0. The van der Waals surface area contributed by atoms with E-state index in [9.17, 15) is 18.0 Å². The molecule has 0 radical (unpaired) electrons. The highest BCUT2D eigenvalue weighted by Gasteiger charge is 2.38. The number of carbonyl (C=O) groups excluding carboxylic acids is 1. The van der Waals surface area contributed by atoms with Gasteiger partial charge in [-0.3, -0.25) is 4.79 Å². The van der Waals surface area contributed by atoms with Crippen LogP contribution in [-0.4, -0.2) is 21.9 Å². The number of nitrogens with one attached hydrogen (secondary N) is 1. The third kappa shape index (κ3) is 2.97. The Kier molecular flexibility index (Phi) is 3.77. The molecule has 0 bridgehead atoms. The van der Waals surface area contributed by atoms with Gasteiger partial charge in [-0.1, -0.05) is 12.1 Å². The highest BCUT2D eigenvalue weighted by molar-refractivity contribution is 5.86. The van der Waals surface area contributed by atoms with Crippen molar-refractivity contribution in [3.05, 3.63) is 30.1 Å². The molecule has 0 aliphatic heterocycles. The van der Waals surface area contributed by atoms with Crippen molar-refractivity contribution in [2.75, 3.05) is 0 Å². The molecule has 0 spiro atoms. The molecule has 92 valence electrons. The van der Waals surface area contributed by atoms with E-state index in [0.29, 0.717) is 11.0 Å². The van der Waals surface area contributed by atoms with Crippen molar-refractivity contribution >= 4 is 29.2 Å². The van der Waals surface area contributed by atoms with Gasteiger partial charge in [0, 0.05) is 0 Å². The number of halogens is 4. The molecule has 0 saturated carbocycles. The molecule has 0 unspecified atom stereocenters. The Balaban J connectivity index is 0.00000144. The Morgan fingerprint density at radius 3 is 2.53 bits per heavy atom. The first-order valence-corrected chi connectivity index (χ1v) is 4.50. The van der Waals surface area contributed by atoms with Crippen LogP contribution >= 0.6 is 12.4 Å². The Bertz CT molecular complexity index is 503. The first-order chi connectivity index (χ1) is 7.47. The smallest absolute Gasteiger partial charge is 0.342 e. The van der Waals surface area contributed by atoms with Gasteiger partial charge in [0.1, 0.15) is 5.82 Å². The number of hydrogen-bond donors (Lipinski definition) is 1. The molecule has 1 N–H and O–H groups in total. The van der Waals surface area contributed by atoms with E-state index in [-0.39, 0.29) is 18.2 Å². The monoisotopic (exact) mass is 264 g/mol. The van der Waals surface area contributed by atoms with Crippen molar-refractivity contribution in [1.82, 2.24) is 9.97 Å². The maximum atomic E-state index is 12.0. The molecular formula is C10H8ClF3N2O. The van der Waals surface area contributed by atoms with Crippen LogP contribution in [0.2, 0.25) is 0 Å². The van der Waals surface area contributed by atoms with Gasteiger partial charge in [-0.2, -0.15) is 13.2 Å². The van der Waals surface area contributed by atoms with Crippen LogP contribution in [0.3, 0.4) is 0 Å². The minimum Gasteiger partial charge on any atom is -0.342 e. The van der Waals surface area contributed by atoms with E-state index in [2.05, 4.69) is 9.97 Å². The van der Waals surface area contributed by atoms with Crippen molar-refractivity contribution in [3.63, 3.8) is 0 Å². The average Bonchev–Trinajstić information content (AvgIpc) is 2.58. The van der Waals surface area contributed by atoms with Gasteiger partial charge in [0.2, 0.25) is 5.78 Å². The molecule has 3 nitrogen and oxygen atoms in total. The van der Waals surface area contributed by atoms with Crippen molar-refractivity contribution in [3.8, 4) is 0 Å². The van der Waals surface area contributed by atoms with Crippen LogP contribution in [0.5, 0.6) is 0 Å². The molecule has 1 aromatic heterocycles. The van der Waals surface area contributed by atoms with E-state index in [0.717, 1.165) is 0 Å². The number of fused-ring (bicyclic) bond motifs is 1. The first kappa shape index (κ1) is 13.5. The van der Waals surface area contributed by atoms with Crippen LogP contribution in [0.25, 0.3) is 11.0 Å². The molecule has 0 fully saturated rings. The minimum atomic E-state index is -4.81. The summed E-state index contributed by atoms with van der Waals surface area (Å²) in [6.07, 6.45) is -5.56. The fourth-order valence-corrected chi connectivity index (χ4v) is 1.34. The largest absolute Gasteiger partial charge is 0.450 e. The Morgan fingerprint density at radius 2 is 1.94 bits per heavy atom. The van der Waals surface area contributed by atoms with Crippen LogP contribution < -0.4 is 0 Å². The van der Waals surface area contributed by atoms with Crippen LogP contribution in [0.15, 0.2) is 24.3 Å². The standard InChI is InChI=1S/C10H7F3N2O.ClH/c11-10(12,13)8(16)5-9-14-6-3-1-2-4-7(6)15-9;/h1-4H,5H2,(H,14,15);1H. The molecular weight excluding hydrogens is 257 g/mol. The lowest BCUT2D eigenvalue weighted by atomic mass is 10.3. The van der Waals surface area contributed by atoms with E-state index in [1.54, 1.807) is 24.3 Å². The molecule has 17 heavy (non-hydrogen) atoms. The fourth-order valence-electron chi connectivity index (χ4n) is 1.34. The number of carbonyl (C=O) groups is 1. The van der Waals surface area contributed by atoms with Gasteiger partial charge < -0.3 is 4.98 Å². The topological polar surface area (TPSA) is 45.8 Å². The second-order valence-corrected chi connectivity index (χ2v) is 3.30. The summed E-state index contributed by atoms with van der Waals surface area (Å²) in [5, 5.41) is 0. The Morgan fingerprint density at radius 1 is 1.29 bits per heavy atom. The summed E-state index contributed by atoms with van der Waals surface area (Å²) in [6.45, 7) is 0. The summed E-state index contributed by atoms with van der Waals surface area (Å²) in [6, 6.07) is 6.80. The Hall–Kier alpha value is -1.56. The summed E-state index contributed by atoms with van der Waals surface area (Å²) in [5.74, 6) is -1.77. The highest BCUT2D eigenvalue weighted by Crippen LogP contribution is 2.19. The van der Waals surface area contributed by atoms with Gasteiger partial charge in [0.15, 0.2) is 0 Å². The summed E-state index contributed by atoms with van der Waals surface area (Å²) in [5.41, 5.74) is 1.17. The molecule has 0 amide bonds. The number of alkyl halides is 3. The molecule has 2 aromatic rings. The predicted molar refractivity (Wildman–Crippen MR) is 58.1 cm³/mol. The molecule has 0 aliphatic rings. The SMILES string of the molecule is Cl.O=C(Cc1nc2ccccc2[nH]1)C(F)(F)F. The lowest BCUT2D eigenvalue weighted by Crippen LogP contribution is -2.24. The van der Waals surface area contributed by atoms with Gasteiger partial charge >= 0.3 is 6.18 Å². The van der Waals surface area contributed by atoms with Gasteiger partial charge in [0.25, 0.3) is 0 Å². The zero-order valence-electron chi connectivity index (χ0n) is 8.41. The number of benzene rings is 1. The van der Waals surface area contributed by atoms with E-state index in [4.69, 9.17) is 0 Å². The molecule has 1 heterocycles. The number of aromatic nitrogens is 2. The van der Waals surface area contributed by atoms with Gasteiger partial charge in [-0.25, -0.2) is 4.98 Å². The van der Waals surface area contributed by atoms with Gasteiger partial charge in [0.05, 0.1) is 17.5 Å². The molecule has 7 heteroatoms. The lowest BCUT2D eigenvalue weighted by molar-refractivity contribution is -0.170. The number of H-pyrrole nitrogens is 1. The number of rotatable bonds is 2. The average molecular weight is 265 g/mol. The van der Waals surface area contributed by atoms with Crippen molar-refractivity contribution < 1.29 is 18.0 Å². The maximum Gasteiger partial charge on any atom is 0.450 e. The second kappa shape index (κ2) is 4.75. The van der Waals surface area contributed by atoms with E-state index < -0.39 is 18.4 Å². The van der Waals surface area contributed by atoms with Crippen LogP contribution in [0, 0.1) is 0 Å². The number of imidazole rings is 1. The molecule has 0 atom stereocenters. The second-order valence-electron chi connectivity index (χ2n) is 3.30. The fraction of sp³-hybridized carbons (Fsp3) is 0.200. The quantitative estimate of drug-likeness (QED) is 0.906. The number of hydrogen-bond acceptors (Lipinski definition) is 2. The minimum absolute atomic E-state index is 0. The third-order valence-corrected chi connectivity index (χ3v) is 2.08. The summed E-state index contributed by atoms with van der Waals surface area (Å²) >= 11 is 0. The van der Waals surface area contributed by atoms with Crippen molar-refractivity contribution in [2.45, 2.75) is 12.6 Å². The third-order valence-electron chi connectivity index (χ3n) is 2.08. The van der Waals surface area contributed by atoms with Crippen LogP contribution in [-0.2, 0) is 11.2 Å². The van der Waals surface area contributed by atoms with E-state index in [1.165, 1.54) is 0 Å². The zero-order chi connectivity index (χ0) is 11.8. The molecule has 2 rings (SSSR count). The summed E-state index contributed by atoms with van der Waals surface area (Å²) in [4.78, 5) is 17.3. The Labute approximate surface area is 100 Å². The van der Waals surface area contributed by atoms with Crippen LogP contribution in [0.1, 0.15) is 5.82 Å². The van der Waals surface area contributed by atoms with Crippen molar-refractivity contribution in [2.24, 2.45) is 0 Å². The molecule has 1 aromatic carbocycles. The van der Waals surface area contributed by atoms with Crippen molar-refractivity contribution in [1.29, 1.82) is 0 Å². The van der Waals surface area contributed by atoms with Gasteiger partial charge in [-0.15, -0.1) is 12.4 Å². The number of nitrogens with zero attached hydrogens (tertiary/aromatic N) is 1. The number of ketones is 1. The van der Waals surface area contributed by atoms with Gasteiger partial charge in [-0.05, 0) is 12.1 Å². The normalized spacial score (nSPS) is 11.2. The maximum absolute atomic E-state index is 12.0. The number of Topliss-reactive ketones (excluding diaryl/α,β-unsaturated/α-hetero) is 1. The van der Waals surface area contributed by atoms with E-state index in [1.807, 2.05) is 0 Å². The number of para-hydroxylation sites is 2. The highest BCUT2D eigenvalue weighted by atomic mass is 35.5. The first-order valence-electron chi connectivity index (χ1n) is 4.50. The molecule has 0 saturated heterocycles. The number of aromatic amines is 1. The van der Waals surface area contributed by atoms with Crippen LogP contribution in [0.4, 0.5) is 13.2 Å². The van der Waals surface area contributed by atoms with E-state index >= 15 is 0 Å². The molecule has 0 aliphatic carbocycles. The zero-order valence-corrected chi connectivity index (χ0v) is 9.23. The predicted octanol–water partition coefficient (Wildman–Crippen LogP) is 2.66. The lowest BCUT2D eigenvalue weighted by Gasteiger charge is -2.01.